The van der Waals surface area contributed by atoms with Gasteiger partial charge in [0.2, 0.25) is 5.91 Å². The Bertz CT molecular complexity index is 1180. The van der Waals surface area contributed by atoms with Crippen LogP contribution >= 0.6 is 23.6 Å². The van der Waals surface area contributed by atoms with Crippen LogP contribution in [0.15, 0.2) is 47.6 Å². The molecule has 0 atom stereocenters. The highest BCUT2D eigenvalue weighted by Crippen LogP contribution is 2.28. The van der Waals surface area contributed by atoms with Gasteiger partial charge in [0.25, 0.3) is 5.91 Å². The minimum atomic E-state index is -0.131. The van der Waals surface area contributed by atoms with Crippen molar-refractivity contribution in [1.29, 1.82) is 0 Å². The summed E-state index contributed by atoms with van der Waals surface area (Å²) in [6.45, 7) is 5.25. The third-order valence-electron chi connectivity index (χ3n) is 5.33. The first-order chi connectivity index (χ1) is 15.0. The Hall–Kier alpha value is -2.97. The summed E-state index contributed by atoms with van der Waals surface area (Å²) < 4.78 is 1.97. The van der Waals surface area contributed by atoms with Crippen molar-refractivity contribution >= 4 is 57.5 Å². The molecule has 0 aliphatic carbocycles. The highest BCUT2D eigenvalue weighted by molar-refractivity contribution is 7.80. The zero-order valence-electron chi connectivity index (χ0n) is 17.5. The van der Waals surface area contributed by atoms with Crippen molar-refractivity contribution in [3.05, 3.63) is 63.6 Å². The molecule has 1 saturated heterocycles. The molecule has 6 nitrogen and oxygen atoms in total. The molecule has 1 aliphatic heterocycles. The first kappa shape index (κ1) is 21.3. The quantitative estimate of drug-likeness (QED) is 0.424. The van der Waals surface area contributed by atoms with Gasteiger partial charge in [0, 0.05) is 28.6 Å². The van der Waals surface area contributed by atoms with Gasteiger partial charge in [-0.3, -0.25) is 14.5 Å². The number of thiocarbonyl (C=S) groups is 1. The molecule has 8 heteroatoms. The standard InChI is InChI=1S/C23H24N4O2S2/c1-3-15-7-5-9-18-16(11-19-22(29)27(4-2)23(30)25-19)13-26(21(15)18)14-20(28)24-12-17-8-6-10-31-17/h5-11,13H,3-4,12,14H2,1-2H3,(H,24,28)(H,25,30)/b19-11-. The molecule has 3 aromatic rings. The van der Waals surface area contributed by atoms with Gasteiger partial charge in [-0.25, -0.2) is 0 Å². The molecule has 1 aromatic carbocycles. The third kappa shape index (κ3) is 4.26. The predicted octanol–water partition coefficient (Wildman–Crippen LogP) is 3.66. The van der Waals surface area contributed by atoms with Gasteiger partial charge < -0.3 is 15.2 Å². The third-order valence-corrected chi connectivity index (χ3v) is 6.52. The zero-order chi connectivity index (χ0) is 22.0. The van der Waals surface area contributed by atoms with Gasteiger partial charge in [-0.05, 0) is 48.6 Å². The van der Waals surface area contributed by atoms with Crippen LogP contribution in [0, 0.1) is 0 Å². The van der Waals surface area contributed by atoms with E-state index in [-0.39, 0.29) is 18.4 Å². The number of thiophene rings is 1. The van der Waals surface area contributed by atoms with E-state index in [1.54, 1.807) is 11.3 Å². The summed E-state index contributed by atoms with van der Waals surface area (Å²) in [4.78, 5) is 27.9. The second kappa shape index (κ2) is 9.03. The molecule has 0 unspecified atom stereocenters. The largest absolute Gasteiger partial charge is 0.350 e. The number of rotatable bonds is 7. The van der Waals surface area contributed by atoms with Crippen LogP contribution in [0.3, 0.4) is 0 Å². The molecule has 3 heterocycles. The Labute approximate surface area is 190 Å². The van der Waals surface area contributed by atoms with E-state index >= 15 is 0 Å². The summed E-state index contributed by atoms with van der Waals surface area (Å²) in [5.74, 6) is -0.183. The molecule has 0 saturated carbocycles. The van der Waals surface area contributed by atoms with Crippen molar-refractivity contribution in [1.82, 2.24) is 20.1 Å². The lowest BCUT2D eigenvalue weighted by molar-refractivity contribution is -0.122. The molecule has 160 valence electrons. The second-order valence-corrected chi connectivity index (χ2v) is 8.69. The van der Waals surface area contributed by atoms with Gasteiger partial charge in [-0.2, -0.15) is 0 Å². The van der Waals surface area contributed by atoms with Crippen molar-refractivity contribution in [2.45, 2.75) is 33.4 Å². The molecule has 0 radical (unpaired) electrons. The summed E-state index contributed by atoms with van der Waals surface area (Å²) in [5, 5.41) is 9.43. The first-order valence-corrected chi connectivity index (χ1v) is 11.5. The first-order valence-electron chi connectivity index (χ1n) is 10.3. The Morgan fingerprint density at radius 2 is 2.10 bits per heavy atom. The summed E-state index contributed by atoms with van der Waals surface area (Å²) >= 11 is 6.89. The summed E-state index contributed by atoms with van der Waals surface area (Å²) in [5.41, 5.74) is 3.51. The SMILES string of the molecule is CCc1cccc2c(/C=C3\NC(=S)N(CC)C3=O)cn(CC(=O)NCc3cccs3)c12. The van der Waals surface area contributed by atoms with Crippen LogP contribution in [0.4, 0.5) is 0 Å². The highest BCUT2D eigenvalue weighted by atomic mass is 32.1. The molecule has 0 bridgehead atoms. The molecule has 31 heavy (non-hydrogen) atoms. The van der Waals surface area contributed by atoms with E-state index in [2.05, 4.69) is 23.6 Å². The van der Waals surface area contributed by atoms with Crippen molar-refractivity contribution in [2.75, 3.05) is 6.54 Å². The van der Waals surface area contributed by atoms with Crippen LogP contribution in [0.5, 0.6) is 0 Å². The Morgan fingerprint density at radius 3 is 2.77 bits per heavy atom. The fraction of sp³-hybridized carbons (Fsp3) is 0.261. The molecule has 1 aliphatic rings. The molecule has 0 spiro atoms. The maximum Gasteiger partial charge on any atom is 0.276 e. The van der Waals surface area contributed by atoms with Gasteiger partial charge in [-0.15, -0.1) is 11.3 Å². The Balaban J connectivity index is 1.66. The van der Waals surface area contributed by atoms with Crippen molar-refractivity contribution < 1.29 is 9.59 Å². The number of likely N-dealkylation sites (N-methyl/N-ethyl adjacent to an activating group) is 1. The topological polar surface area (TPSA) is 66.4 Å². The van der Waals surface area contributed by atoms with Crippen LogP contribution in [0.2, 0.25) is 0 Å². The Kier molecular flexibility index (Phi) is 6.20. The number of carbonyl (C=O) groups is 2. The number of hydrogen-bond acceptors (Lipinski definition) is 4. The average Bonchev–Trinajstić information content (AvgIpc) is 3.46. The molecule has 4 rings (SSSR count). The van der Waals surface area contributed by atoms with E-state index in [1.807, 2.05) is 53.4 Å². The second-order valence-electron chi connectivity index (χ2n) is 7.27. The smallest absolute Gasteiger partial charge is 0.276 e. The van der Waals surface area contributed by atoms with Crippen LogP contribution in [-0.4, -0.2) is 32.9 Å². The highest BCUT2D eigenvalue weighted by Gasteiger charge is 2.29. The monoisotopic (exact) mass is 452 g/mol. The van der Waals surface area contributed by atoms with Crippen molar-refractivity contribution in [3.63, 3.8) is 0 Å². The molecular weight excluding hydrogens is 428 g/mol. The molecule has 2 aromatic heterocycles. The number of aryl methyl sites for hydroxylation is 1. The van der Waals surface area contributed by atoms with Gasteiger partial charge >= 0.3 is 0 Å². The maximum atomic E-state index is 12.6. The van der Waals surface area contributed by atoms with Crippen molar-refractivity contribution in [2.24, 2.45) is 0 Å². The van der Waals surface area contributed by atoms with Gasteiger partial charge in [0.15, 0.2) is 5.11 Å². The molecule has 1 fully saturated rings. The number of nitrogens with one attached hydrogen (secondary N) is 2. The number of carbonyl (C=O) groups excluding carboxylic acids is 2. The fourth-order valence-electron chi connectivity index (χ4n) is 3.81. The number of hydrogen-bond donors (Lipinski definition) is 2. The predicted molar refractivity (Wildman–Crippen MR) is 129 cm³/mol. The fourth-order valence-corrected chi connectivity index (χ4v) is 4.78. The summed E-state index contributed by atoms with van der Waals surface area (Å²) in [6, 6.07) is 10.1. The molecular formula is C23H24N4O2S2. The van der Waals surface area contributed by atoms with Crippen LogP contribution in [-0.2, 0) is 29.1 Å². The lowest BCUT2D eigenvalue weighted by Gasteiger charge is -2.09. The normalized spacial score (nSPS) is 15.2. The Morgan fingerprint density at radius 1 is 1.26 bits per heavy atom. The number of aromatic nitrogens is 1. The number of benzene rings is 1. The minimum absolute atomic E-state index is 0.0520. The number of para-hydroxylation sites is 1. The molecule has 2 N–H and O–H groups in total. The van der Waals surface area contributed by atoms with Crippen molar-refractivity contribution in [3.8, 4) is 0 Å². The van der Waals surface area contributed by atoms with Crippen LogP contribution < -0.4 is 10.6 Å². The van der Waals surface area contributed by atoms with Crippen LogP contribution in [0.1, 0.15) is 29.9 Å². The lowest BCUT2D eigenvalue weighted by Crippen LogP contribution is -2.30. The van der Waals surface area contributed by atoms with E-state index in [9.17, 15) is 9.59 Å². The van der Waals surface area contributed by atoms with Gasteiger partial charge in [0.1, 0.15) is 12.2 Å². The van der Waals surface area contributed by atoms with E-state index in [0.29, 0.717) is 23.9 Å². The van der Waals surface area contributed by atoms with E-state index in [1.165, 1.54) is 4.90 Å². The number of fused-ring (bicyclic) bond motifs is 1. The van der Waals surface area contributed by atoms with E-state index < -0.39 is 0 Å². The van der Waals surface area contributed by atoms with Gasteiger partial charge in [-0.1, -0.05) is 31.2 Å². The van der Waals surface area contributed by atoms with E-state index in [4.69, 9.17) is 12.2 Å². The maximum absolute atomic E-state index is 12.6. The average molecular weight is 453 g/mol. The molecule has 2 amide bonds. The number of nitrogens with zero attached hydrogens (tertiary/aromatic N) is 2. The summed E-state index contributed by atoms with van der Waals surface area (Å²) in [7, 11) is 0. The van der Waals surface area contributed by atoms with Gasteiger partial charge in [0.05, 0.1) is 12.1 Å². The summed E-state index contributed by atoms with van der Waals surface area (Å²) in [6.07, 6.45) is 4.61. The lowest BCUT2D eigenvalue weighted by atomic mass is 10.1. The van der Waals surface area contributed by atoms with E-state index in [0.717, 1.165) is 33.3 Å². The number of amides is 2. The minimum Gasteiger partial charge on any atom is -0.350 e. The zero-order valence-corrected chi connectivity index (χ0v) is 19.1. The van der Waals surface area contributed by atoms with Crippen LogP contribution in [0.25, 0.3) is 17.0 Å².